The fourth-order valence-electron chi connectivity index (χ4n) is 4.27. The first-order valence-electron chi connectivity index (χ1n) is 11.2. The third-order valence-corrected chi connectivity index (χ3v) is 5.96. The van der Waals surface area contributed by atoms with E-state index < -0.39 is 0 Å². The number of carbonyl (C=O) groups is 1. The highest BCUT2D eigenvalue weighted by atomic mass is 16.2. The summed E-state index contributed by atoms with van der Waals surface area (Å²) in [7, 11) is 2.05. The van der Waals surface area contributed by atoms with Gasteiger partial charge >= 0.3 is 0 Å². The maximum Gasteiger partial charge on any atom is 0.259 e. The summed E-state index contributed by atoms with van der Waals surface area (Å²) in [4.78, 5) is 17.9. The summed E-state index contributed by atoms with van der Waals surface area (Å²) >= 11 is 0. The summed E-state index contributed by atoms with van der Waals surface area (Å²) < 4.78 is 0. The van der Waals surface area contributed by atoms with Crippen LogP contribution in [0.3, 0.4) is 0 Å². The van der Waals surface area contributed by atoms with Crippen molar-refractivity contribution in [3.05, 3.63) is 126 Å². The number of nitrogens with zero attached hydrogens (tertiary/aromatic N) is 2. The molecule has 0 aromatic heterocycles. The van der Waals surface area contributed by atoms with Gasteiger partial charge < -0.3 is 0 Å². The molecule has 0 atom stereocenters. The third kappa shape index (κ3) is 4.64. The molecule has 33 heavy (non-hydrogen) atoms. The van der Waals surface area contributed by atoms with Crippen LogP contribution >= 0.6 is 0 Å². The minimum atomic E-state index is -0.00375. The molecule has 0 N–H and O–H groups in total. The first-order valence-corrected chi connectivity index (χ1v) is 11.2. The van der Waals surface area contributed by atoms with Gasteiger partial charge in [0.1, 0.15) is 0 Å². The van der Waals surface area contributed by atoms with E-state index in [1.54, 1.807) is 0 Å². The van der Waals surface area contributed by atoms with E-state index in [0.717, 1.165) is 33.8 Å². The average Bonchev–Trinajstić information content (AvgIpc) is 2.87. The molecule has 0 spiro atoms. The Morgan fingerprint density at radius 3 is 1.91 bits per heavy atom. The van der Waals surface area contributed by atoms with Gasteiger partial charge in [-0.05, 0) is 58.4 Å². The van der Waals surface area contributed by atoms with E-state index in [2.05, 4.69) is 54.4 Å². The van der Waals surface area contributed by atoms with E-state index in [-0.39, 0.29) is 5.91 Å². The average molecular weight is 431 g/mol. The number of rotatable bonds is 6. The van der Waals surface area contributed by atoms with Gasteiger partial charge in [0.2, 0.25) is 0 Å². The van der Waals surface area contributed by atoms with Crippen LogP contribution in [-0.4, -0.2) is 24.5 Å². The number of benzene rings is 5. The highest BCUT2D eigenvalue weighted by molar-refractivity contribution is 6.08. The Balaban J connectivity index is 1.50. The Morgan fingerprint density at radius 1 is 0.636 bits per heavy atom. The number of amides is 1. The molecule has 0 saturated carbocycles. The molecule has 5 aromatic carbocycles. The summed E-state index contributed by atoms with van der Waals surface area (Å²) in [5.74, 6) is -0.00375. The Bertz CT molecular complexity index is 1410. The van der Waals surface area contributed by atoms with E-state index in [0.29, 0.717) is 12.2 Å². The molecular formula is C30H26N2O. The van der Waals surface area contributed by atoms with Crippen LogP contribution in [0.4, 0.5) is 5.69 Å². The Hall–Kier alpha value is -3.95. The van der Waals surface area contributed by atoms with E-state index in [9.17, 15) is 4.79 Å². The molecule has 162 valence electrons. The minimum Gasteiger partial charge on any atom is -0.295 e. The molecule has 0 heterocycles. The van der Waals surface area contributed by atoms with Crippen LogP contribution in [0.1, 0.15) is 15.9 Å². The summed E-state index contributed by atoms with van der Waals surface area (Å²) in [6.07, 6.45) is 0. The largest absolute Gasteiger partial charge is 0.295 e. The molecule has 0 aliphatic rings. The number of hydrogen-bond acceptors (Lipinski definition) is 2. The summed E-state index contributed by atoms with van der Waals surface area (Å²) in [5.41, 5.74) is 2.80. The van der Waals surface area contributed by atoms with Crippen molar-refractivity contribution in [1.29, 1.82) is 0 Å². The van der Waals surface area contributed by atoms with Crippen molar-refractivity contribution in [2.45, 2.75) is 6.54 Å². The molecule has 0 unspecified atom stereocenters. The van der Waals surface area contributed by atoms with Gasteiger partial charge in [-0.25, -0.2) is 0 Å². The van der Waals surface area contributed by atoms with Crippen LogP contribution in [0.25, 0.3) is 21.5 Å². The zero-order valence-electron chi connectivity index (χ0n) is 18.7. The third-order valence-electron chi connectivity index (χ3n) is 5.96. The molecule has 0 fully saturated rings. The van der Waals surface area contributed by atoms with Gasteiger partial charge in [0.05, 0.1) is 6.67 Å². The molecule has 1 amide bonds. The monoisotopic (exact) mass is 430 g/mol. The van der Waals surface area contributed by atoms with Gasteiger partial charge in [-0.2, -0.15) is 0 Å². The van der Waals surface area contributed by atoms with Crippen LogP contribution in [0.5, 0.6) is 0 Å². The van der Waals surface area contributed by atoms with Crippen LogP contribution < -0.4 is 4.90 Å². The number of fused-ring (bicyclic) bond motifs is 2. The second-order valence-corrected chi connectivity index (χ2v) is 8.47. The molecule has 3 heteroatoms. The molecule has 0 aliphatic carbocycles. The molecule has 5 rings (SSSR count). The van der Waals surface area contributed by atoms with Crippen molar-refractivity contribution in [3.63, 3.8) is 0 Å². The van der Waals surface area contributed by atoms with Crippen LogP contribution in [0, 0.1) is 0 Å². The smallest absolute Gasteiger partial charge is 0.259 e. The number of carbonyl (C=O) groups excluding carboxylic acids is 1. The van der Waals surface area contributed by atoms with Crippen LogP contribution in [0.2, 0.25) is 0 Å². The fraction of sp³-hybridized carbons (Fsp3) is 0.100. The minimum absolute atomic E-state index is 0.00375. The maximum atomic E-state index is 13.8. The molecule has 5 aromatic rings. The van der Waals surface area contributed by atoms with Crippen molar-refractivity contribution in [1.82, 2.24) is 4.90 Å². The maximum absolute atomic E-state index is 13.8. The van der Waals surface area contributed by atoms with Gasteiger partial charge in [-0.1, -0.05) is 91.0 Å². The fourth-order valence-corrected chi connectivity index (χ4v) is 4.27. The molecular weight excluding hydrogens is 404 g/mol. The van der Waals surface area contributed by atoms with Gasteiger partial charge in [0.15, 0.2) is 0 Å². The highest BCUT2D eigenvalue weighted by Crippen LogP contribution is 2.25. The predicted molar refractivity (Wildman–Crippen MR) is 137 cm³/mol. The number of anilines is 1. The zero-order chi connectivity index (χ0) is 22.6. The van der Waals surface area contributed by atoms with Gasteiger partial charge in [-0.15, -0.1) is 0 Å². The Labute approximate surface area is 194 Å². The second kappa shape index (κ2) is 9.27. The van der Waals surface area contributed by atoms with Crippen LogP contribution in [-0.2, 0) is 6.54 Å². The lowest BCUT2D eigenvalue weighted by Gasteiger charge is -2.29. The SMILES string of the molecule is CN(Cc1ccccc1)CN(C(=O)c1ccc2ccccc2c1)c1ccc2ccccc2c1. The topological polar surface area (TPSA) is 23.6 Å². The zero-order valence-corrected chi connectivity index (χ0v) is 18.7. The standard InChI is InChI=1S/C30H26N2O/c1-31(21-23-9-3-2-4-10-23)22-32(29-18-17-25-12-6-8-14-27(25)20-29)30(33)28-16-15-24-11-5-7-13-26(24)19-28/h2-20H,21-22H2,1H3. The summed E-state index contributed by atoms with van der Waals surface area (Å²) in [6, 6.07) is 38.9. The van der Waals surface area contributed by atoms with Crippen LogP contribution in [0.15, 0.2) is 115 Å². The summed E-state index contributed by atoms with van der Waals surface area (Å²) in [6.45, 7) is 1.24. The Kier molecular flexibility index (Phi) is 5.88. The van der Waals surface area contributed by atoms with Crippen molar-refractivity contribution >= 4 is 33.1 Å². The van der Waals surface area contributed by atoms with Gasteiger partial charge in [-0.3, -0.25) is 14.6 Å². The lowest BCUT2D eigenvalue weighted by molar-refractivity contribution is 0.0971. The Morgan fingerprint density at radius 2 is 1.21 bits per heavy atom. The van der Waals surface area contributed by atoms with Crippen molar-refractivity contribution < 1.29 is 4.79 Å². The molecule has 3 nitrogen and oxygen atoms in total. The first-order chi connectivity index (χ1) is 16.2. The van der Waals surface area contributed by atoms with Crippen molar-refractivity contribution in [2.75, 3.05) is 18.6 Å². The van der Waals surface area contributed by atoms with Gasteiger partial charge in [0.25, 0.3) is 5.91 Å². The number of hydrogen-bond donors (Lipinski definition) is 0. The molecule has 0 aliphatic heterocycles. The van der Waals surface area contributed by atoms with Gasteiger partial charge in [0, 0.05) is 17.8 Å². The first kappa shape index (κ1) is 20.9. The van der Waals surface area contributed by atoms with E-state index >= 15 is 0 Å². The lowest BCUT2D eigenvalue weighted by atomic mass is 10.1. The highest BCUT2D eigenvalue weighted by Gasteiger charge is 2.20. The van der Waals surface area contributed by atoms with E-state index in [1.807, 2.05) is 77.7 Å². The second-order valence-electron chi connectivity index (χ2n) is 8.47. The molecule has 0 radical (unpaired) electrons. The molecule has 0 saturated heterocycles. The quantitative estimate of drug-likeness (QED) is 0.279. The van der Waals surface area contributed by atoms with Crippen molar-refractivity contribution in [3.8, 4) is 0 Å². The van der Waals surface area contributed by atoms with E-state index in [1.165, 1.54) is 5.56 Å². The lowest BCUT2D eigenvalue weighted by Crippen LogP contribution is -2.40. The summed E-state index contributed by atoms with van der Waals surface area (Å²) in [5, 5.41) is 4.49. The predicted octanol–water partition coefficient (Wildman–Crippen LogP) is 6.73. The molecule has 0 bridgehead atoms. The van der Waals surface area contributed by atoms with E-state index in [4.69, 9.17) is 0 Å². The normalized spacial score (nSPS) is 11.2. The van der Waals surface area contributed by atoms with Crippen molar-refractivity contribution in [2.24, 2.45) is 0 Å².